The summed E-state index contributed by atoms with van der Waals surface area (Å²) in [7, 11) is 1.67. The molecule has 1 rings (SSSR count). The van der Waals surface area contributed by atoms with Crippen LogP contribution in [0.4, 0.5) is 4.79 Å². The molecule has 0 aliphatic carbocycles. The van der Waals surface area contributed by atoms with Crippen LogP contribution in [0.3, 0.4) is 0 Å². The molecule has 18 heavy (non-hydrogen) atoms. The zero-order valence-electron chi connectivity index (χ0n) is 12.0. The minimum Gasteiger partial charge on any atom is -0.444 e. The van der Waals surface area contributed by atoms with Gasteiger partial charge >= 0.3 is 6.09 Å². The molecule has 0 aromatic heterocycles. The second-order valence-corrected chi connectivity index (χ2v) is 6.14. The van der Waals surface area contributed by atoms with E-state index < -0.39 is 5.60 Å². The molecule has 5 heteroatoms. The summed E-state index contributed by atoms with van der Waals surface area (Å²) >= 11 is 0. The Morgan fingerprint density at radius 1 is 1.44 bits per heavy atom. The van der Waals surface area contributed by atoms with Crippen LogP contribution in [0, 0.1) is 5.41 Å². The summed E-state index contributed by atoms with van der Waals surface area (Å²) in [6, 6.07) is 0. The molecule has 0 spiro atoms. The first kappa shape index (κ1) is 15.2. The summed E-state index contributed by atoms with van der Waals surface area (Å²) in [6.07, 6.45) is 1.69. The Kier molecular flexibility index (Phi) is 4.99. The summed E-state index contributed by atoms with van der Waals surface area (Å²) in [5.41, 5.74) is 5.28. The van der Waals surface area contributed by atoms with Crippen LogP contribution in [0.1, 0.15) is 33.6 Å². The molecule has 106 valence electrons. The normalized spacial score (nSPS) is 25.1. The van der Waals surface area contributed by atoms with Crippen molar-refractivity contribution in [2.75, 3.05) is 33.4 Å². The van der Waals surface area contributed by atoms with E-state index >= 15 is 0 Å². The highest BCUT2D eigenvalue weighted by Gasteiger charge is 2.37. The minimum atomic E-state index is -0.457. The van der Waals surface area contributed by atoms with Crippen molar-refractivity contribution in [3.63, 3.8) is 0 Å². The van der Waals surface area contributed by atoms with E-state index in [1.807, 2.05) is 20.8 Å². The van der Waals surface area contributed by atoms with E-state index in [1.165, 1.54) is 0 Å². The third-order valence-electron chi connectivity index (χ3n) is 3.20. The number of hydrogen-bond acceptors (Lipinski definition) is 4. The van der Waals surface area contributed by atoms with Gasteiger partial charge in [-0.15, -0.1) is 0 Å². The number of rotatable bonds is 3. The summed E-state index contributed by atoms with van der Waals surface area (Å²) in [5, 5.41) is 0. The highest BCUT2D eigenvalue weighted by atomic mass is 16.6. The van der Waals surface area contributed by atoms with Gasteiger partial charge in [-0.2, -0.15) is 0 Å². The van der Waals surface area contributed by atoms with E-state index in [9.17, 15) is 4.79 Å². The molecule has 1 amide bonds. The number of hydrogen-bond donors (Lipinski definition) is 1. The van der Waals surface area contributed by atoms with Crippen molar-refractivity contribution in [3.8, 4) is 0 Å². The number of piperidine rings is 1. The Labute approximate surface area is 110 Å². The predicted molar refractivity (Wildman–Crippen MR) is 70.4 cm³/mol. The second-order valence-electron chi connectivity index (χ2n) is 6.14. The summed E-state index contributed by atoms with van der Waals surface area (Å²) < 4.78 is 10.6. The van der Waals surface area contributed by atoms with Crippen molar-refractivity contribution >= 4 is 6.09 Å². The van der Waals surface area contributed by atoms with E-state index in [0.717, 1.165) is 19.4 Å². The first-order valence-electron chi connectivity index (χ1n) is 6.49. The average molecular weight is 258 g/mol. The summed E-state index contributed by atoms with van der Waals surface area (Å²) in [4.78, 5) is 13.8. The largest absolute Gasteiger partial charge is 0.444 e. The zero-order chi connectivity index (χ0) is 13.8. The fraction of sp³-hybridized carbons (Fsp3) is 0.923. The van der Waals surface area contributed by atoms with Gasteiger partial charge in [-0.3, -0.25) is 0 Å². The number of carbonyl (C=O) groups is 1. The van der Waals surface area contributed by atoms with Crippen LogP contribution in [0.15, 0.2) is 0 Å². The standard InChI is InChI=1S/C13H26N2O3/c1-12(2,3)18-11(16)15-7-5-6-13(8-14,9-15)10-17-4/h5-10,14H2,1-4H3. The smallest absolute Gasteiger partial charge is 0.410 e. The molecule has 5 nitrogen and oxygen atoms in total. The van der Waals surface area contributed by atoms with Crippen molar-refractivity contribution < 1.29 is 14.3 Å². The van der Waals surface area contributed by atoms with E-state index in [1.54, 1.807) is 12.0 Å². The molecule has 2 N–H and O–H groups in total. The van der Waals surface area contributed by atoms with Crippen molar-refractivity contribution in [3.05, 3.63) is 0 Å². The number of nitrogens with zero attached hydrogens (tertiary/aromatic N) is 1. The number of nitrogens with two attached hydrogens (primary N) is 1. The number of ether oxygens (including phenoxy) is 2. The van der Waals surface area contributed by atoms with Crippen LogP contribution in [-0.2, 0) is 9.47 Å². The third-order valence-corrected chi connectivity index (χ3v) is 3.20. The van der Waals surface area contributed by atoms with Gasteiger partial charge in [0.2, 0.25) is 0 Å². The van der Waals surface area contributed by atoms with Crippen LogP contribution in [-0.4, -0.2) is 49.9 Å². The molecular weight excluding hydrogens is 232 g/mol. The van der Waals surface area contributed by atoms with Crippen molar-refractivity contribution in [1.29, 1.82) is 0 Å². The van der Waals surface area contributed by atoms with Crippen LogP contribution < -0.4 is 5.73 Å². The van der Waals surface area contributed by atoms with Gasteiger partial charge in [0.25, 0.3) is 0 Å². The molecule has 1 unspecified atom stereocenters. The number of carbonyl (C=O) groups excluding carboxylic acids is 1. The fourth-order valence-corrected chi connectivity index (χ4v) is 2.34. The van der Waals surface area contributed by atoms with Crippen LogP contribution in [0.25, 0.3) is 0 Å². The highest BCUT2D eigenvalue weighted by molar-refractivity contribution is 5.68. The summed E-state index contributed by atoms with van der Waals surface area (Å²) in [5.74, 6) is 0. The molecule has 1 fully saturated rings. The van der Waals surface area contributed by atoms with Gasteiger partial charge in [-0.05, 0) is 33.6 Å². The minimum absolute atomic E-state index is 0.121. The van der Waals surface area contributed by atoms with Gasteiger partial charge in [0.1, 0.15) is 5.60 Å². The van der Waals surface area contributed by atoms with Gasteiger partial charge in [0, 0.05) is 32.2 Å². The lowest BCUT2D eigenvalue weighted by Crippen LogP contribution is -2.52. The maximum absolute atomic E-state index is 12.0. The SMILES string of the molecule is COCC1(CN)CCCN(C(=O)OC(C)(C)C)C1. The molecule has 1 heterocycles. The molecule has 0 saturated carbocycles. The van der Waals surface area contributed by atoms with Crippen LogP contribution in [0.5, 0.6) is 0 Å². The summed E-state index contributed by atoms with van der Waals surface area (Å²) in [6.45, 7) is 8.09. The Morgan fingerprint density at radius 2 is 2.11 bits per heavy atom. The number of methoxy groups -OCH3 is 1. The number of amides is 1. The van der Waals surface area contributed by atoms with E-state index in [-0.39, 0.29) is 11.5 Å². The van der Waals surface area contributed by atoms with Crippen LogP contribution in [0.2, 0.25) is 0 Å². The van der Waals surface area contributed by atoms with E-state index in [2.05, 4.69) is 0 Å². The first-order valence-corrected chi connectivity index (χ1v) is 6.49. The Morgan fingerprint density at radius 3 is 2.61 bits per heavy atom. The zero-order valence-corrected chi connectivity index (χ0v) is 12.0. The maximum Gasteiger partial charge on any atom is 0.410 e. The number of likely N-dealkylation sites (tertiary alicyclic amines) is 1. The highest BCUT2D eigenvalue weighted by Crippen LogP contribution is 2.30. The maximum atomic E-state index is 12.0. The molecule has 1 atom stereocenters. The molecule has 0 aromatic carbocycles. The second kappa shape index (κ2) is 5.89. The monoisotopic (exact) mass is 258 g/mol. The van der Waals surface area contributed by atoms with Gasteiger partial charge in [-0.25, -0.2) is 4.79 Å². The molecule has 1 aliphatic heterocycles. The molecule has 0 radical (unpaired) electrons. The predicted octanol–water partition coefficient (Wildman–Crippen LogP) is 1.61. The molecule has 0 aromatic rings. The van der Waals surface area contributed by atoms with E-state index in [4.69, 9.17) is 15.2 Å². The Bertz CT molecular complexity index is 284. The molecular formula is C13H26N2O3. The molecule has 1 saturated heterocycles. The molecule has 1 aliphatic rings. The lowest BCUT2D eigenvalue weighted by Gasteiger charge is -2.41. The van der Waals surface area contributed by atoms with E-state index in [0.29, 0.717) is 19.7 Å². The quantitative estimate of drug-likeness (QED) is 0.835. The molecule has 0 bridgehead atoms. The van der Waals surface area contributed by atoms with Crippen molar-refractivity contribution in [2.24, 2.45) is 11.1 Å². The lowest BCUT2D eigenvalue weighted by molar-refractivity contribution is -0.0127. The van der Waals surface area contributed by atoms with Gasteiger partial charge in [0.15, 0.2) is 0 Å². The Hall–Kier alpha value is -0.810. The van der Waals surface area contributed by atoms with Crippen molar-refractivity contribution in [2.45, 2.75) is 39.2 Å². The third kappa shape index (κ3) is 4.14. The van der Waals surface area contributed by atoms with Crippen LogP contribution >= 0.6 is 0 Å². The topological polar surface area (TPSA) is 64.8 Å². The first-order chi connectivity index (χ1) is 8.32. The lowest BCUT2D eigenvalue weighted by atomic mass is 9.81. The van der Waals surface area contributed by atoms with Gasteiger partial charge in [-0.1, -0.05) is 0 Å². The average Bonchev–Trinajstić information content (AvgIpc) is 2.27. The Balaban J connectivity index is 2.65. The van der Waals surface area contributed by atoms with Crippen molar-refractivity contribution in [1.82, 2.24) is 4.90 Å². The van der Waals surface area contributed by atoms with Gasteiger partial charge < -0.3 is 20.1 Å². The van der Waals surface area contributed by atoms with Gasteiger partial charge in [0.05, 0.1) is 6.61 Å². The fourth-order valence-electron chi connectivity index (χ4n) is 2.34.